The number of carboxylic acid groups (broad SMARTS) is 1. The van der Waals surface area contributed by atoms with E-state index in [0.29, 0.717) is 12.0 Å². The van der Waals surface area contributed by atoms with Crippen molar-refractivity contribution in [3.63, 3.8) is 0 Å². The highest BCUT2D eigenvalue weighted by Gasteiger charge is 2.49. The van der Waals surface area contributed by atoms with Crippen molar-refractivity contribution in [2.45, 2.75) is 130 Å². The molecule has 5 atom stereocenters. The minimum absolute atomic E-state index is 0. The van der Waals surface area contributed by atoms with Gasteiger partial charge in [0.2, 0.25) is 0 Å². The maximum Gasteiger partial charge on any atom is 0.321 e. The van der Waals surface area contributed by atoms with Gasteiger partial charge < -0.3 is 10.0 Å². The first-order valence-corrected chi connectivity index (χ1v) is 15.9. The molecule has 1 spiro atoms. The predicted octanol–water partition coefficient (Wildman–Crippen LogP) is 6.90. The molecule has 2 fully saturated rings. The molecule has 234 valence electrons. The summed E-state index contributed by atoms with van der Waals surface area (Å²) in [5.41, 5.74) is 5.24. The second-order valence-electron chi connectivity index (χ2n) is 14.2. The molecule has 5 rings (SSSR count). The summed E-state index contributed by atoms with van der Waals surface area (Å²) < 4.78 is 16.7. The van der Waals surface area contributed by atoms with E-state index in [4.69, 9.17) is 5.10 Å². The van der Waals surface area contributed by atoms with Crippen LogP contribution in [0, 0.1) is 17.2 Å². The first-order valence-electron chi connectivity index (χ1n) is 15.9. The molecular formula is C35H55FN4O2. The minimum atomic E-state index is -0.770. The molecule has 1 saturated carbocycles. The Balaban J connectivity index is 0.00000405. The maximum atomic E-state index is 14.4. The fourth-order valence-electron chi connectivity index (χ4n) is 8.91. The van der Waals surface area contributed by atoms with Crippen LogP contribution in [0.1, 0.15) is 110 Å². The standard InChI is InChI=1S/C34H51FN4O2.CH4/c1-8-29-26-13-14-34(30(26)39(9-2)36-29)15-17-38(18-16-34)22(3)27-20-25(37(7)31(32(40)41)33(4,5)6)21-28(27)23-11-10-12-24(35)19-23;/h10-12,19,22,25,27-28,31H,8-9,13-18,20-21H2,1-7H3,(H,40,41);1H4/t22-,25+,27-,28-,31+;/m1./s1. The number of nitrogens with zero attached hydrogens (tertiary/aromatic N) is 4. The predicted molar refractivity (Wildman–Crippen MR) is 169 cm³/mol. The van der Waals surface area contributed by atoms with E-state index < -0.39 is 12.0 Å². The number of carbonyl (C=O) groups is 1. The van der Waals surface area contributed by atoms with Gasteiger partial charge in [-0.1, -0.05) is 47.3 Å². The van der Waals surface area contributed by atoms with Crippen LogP contribution >= 0.6 is 0 Å². The summed E-state index contributed by atoms with van der Waals surface area (Å²) >= 11 is 0. The summed E-state index contributed by atoms with van der Waals surface area (Å²) in [4.78, 5) is 17.2. The lowest BCUT2D eigenvalue weighted by atomic mass is 9.75. The largest absolute Gasteiger partial charge is 0.480 e. The Hall–Kier alpha value is -2.25. The van der Waals surface area contributed by atoms with E-state index in [9.17, 15) is 14.3 Å². The molecule has 42 heavy (non-hydrogen) atoms. The topological polar surface area (TPSA) is 61.6 Å². The van der Waals surface area contributed by atoms with E-state index in [0.717, 1.165) is 63.7 Å². The van der Waals surface area contributed by atoms with Crippen molar-refractivity contribution in [1.82, 2.24) is 19.6 Å². The van der Waals surface area contributed by atoms with Crippen molar-refractivity contribution in [2.75, 3.05) is 20.1 Å². The van der Waals surface area contributed by atoms with Crippen LogP contribution in [0.2, 0.25) is 0 Å². The Morgan fingerprint density at radius 2 is 1.88 bits per heavy atom. The molecule has 2 aliphatic carbocycles. The van der Waals surface area contributed by atoms with Crippen LogP contribution in [0.15, 0.2) is 24.3 Å². The molecule has 7 heteroatoms. The molecule has 6 nitrogen and oxygen atoms in total. The summed E-state index contributed by atoms with van der Waals surface area (Å²) in [6.45, 7) is 15.9. The molecule has 1 aliphatic heterocycles. The number of hydrogen-bond acceptors (Lipinski definition) is 4. The zero-order valence-electron chi connectivity index (χ0n) is 26.3. The molecule has 1 aromatic carbocycles. The van der Waals surface area contributed by atoms with Crippen LogP contribution in [0.25, 0.3) is 0 Å². The number of rotatable bonds is 8. The number of piperidine rings is 1. The van der Waals surface area contributed by atoms with Gasteiger partial charge in [-0.2, -0.15) is 5.10 Å². The zero-order chi connectivity index (χ0) is 29.7. The van der Waals surface area contributed by atoms with Gasteiger partial charge in [0.25, 0.3) is 0 Å². The van der Waals surface area contributed by atoms with Crippen molar-refractivity contribution in [2.24, 2.45) is 11.3 Å². The monoisotopic (exact) mass is 582 g/mol. The highest BCUT2D eigenvalue weighted by atomic mass is 19.1. The lowest BCUT2D eigenvalue weighted by Gasteiger charge is -2.45. The van der Waals surface area contributed by atoms with Gasteiger partial charge in [-0.15, -0.1) is 0 Å². The molecular weight excluding hydrogens is 527 g/mol. The average molecular weight is 583 g/mol. The van der Waals surface area contributed by atoms with Crippen LogP contribution in [-0.2, 0) is 29.6 Å². The fourth-order valence-corrected chi connectivity index (χ4v) is 8.91. The summed E-state index contributed by atoms with van der Waals surface area (Å²) in [7, 11) is 1.98. The highest BCUT2D eigenvalue weighted by Crippen LogP contribution is 2.50. The Morgan fingerprint density at radius 3 is 2.45 bits per heavy atom. The second kappa shape index (κ2) is 12.4. The van der Waals surface area contributed by atoms with Gasteiger partial charge >= 0.3 is 5.97 Å². The van der Waals surface area contributed by atoms with Crippen LogP contribution in [0.5, 0.6) is 0 Å². The lowest BCUT2D eigenvalue weighted by molar-refractivity contribution is -0.148. The van der Waals surface area contributed by atoms with Crippen molar-refractivity contribution in [1.29, 1.82) is 0 Å². The van der Waals surface area contributed by atoms with E-state index in [1.165, 1.54) is 29.4 Å². The molecule has 0 unspecified atom stereocenters. The Bertz CT molecular complexity index is 1240. The van der Waals surface area contributed by atoms with Crippen LogP contribution in [-0.4, -0.2) is 68.9 Å². The number of aromatic nitrogens is 2. The number of aryl methyl sites for hydroxylation is 2. The summed E-state index contributed by atoms with van der Waals surface area (Å²) in [5.74, 6) is -0.432. The summed E-state index contributed by atoms with van der Waals surface area (Å²) in [6, 6.07) is 7.01. The number of likely N-dealkylation sites (tertiary alicyclic amines) is 1. The number of aliphatic carboxylic acids is 1. The number of benzene rings is 1. The average Bonchev–Trinajstić information content (AvgIpc) is 3.62. The molecule has 0 radical (unpaired) electrons. The normalized spacial score (nSPS) is 25.4. The quantitative estimate of drug-likeness (QED) is 0.367. The Kier molecular flexibility index (Phi) is 9.64. The van der Waals surface area contributed by atoms with E-state index >= 15 is 0 Å². The van der Waals surface area contributed by atoms with Gasteiger partial charge in [0.1, 0.15) is 11.9 Å². The molecule has 1 N–H and O–H groups in total. The second-order valence-corrected chi connectivity index (χ2v) is 14.2. The third-order valence-electron chi connectivity index (χ3n) is 11.0. The minimum Gasteiger partial charge on any atom is -0.480 e. The fraction of sp³-hybridized carbons (Fsp3) is 0.714. The van der Waals surface area contributed by atoms with Crippen molar-refractivity contribution in [3.8, 4) is 0 Å². The molecule has 1 saturated heterocycles. The van der Waals surface area contributed by atoms with E-state index in [1.54, 1.807) is 6.07 Å². The van der Waals surface area contributed by atoms with E-state index in [2.05, 4.69) is 41.3 Å². The lowest BCUT2D eigenvalue weighted by Crippen LogP contribution is -2.51. The summed E-state index contributed by atoms with van der Waals surface area (Å²) in [5, 5.41) is 15.1. The van der Waals surface area contributed by atoms with E-state index in [-0.39, 0.29) is 36.0 Å². The molecule has 0 amide bonds. The first-order chi connectivity index (χ1) is 19.4. The Morgan fingerprint density at radius 1 is 1.19 bits per heavy atom. The van der Waals surface area contributed by atoms with Crippen LogP contribution in [0.3, 0.4) is 0 Å². The molecule has 2 heterocycles. The number of fused-ring (bicyclic) bond motifs is 2. The van der Waals surface area contributed by atoms with Gasteiger partial charge in [-0.05, 0) is 119 Å². The number of carboxylic acids is 1. The number of halogens is 1. The van der Waals surface area contributed by atoms with Gasteiger partial charge in [0.15, 0.2) is 0 Å². The number of likely N-dealkylation sites (N-methyl/N-ethyl adjacent to an activating group) is 1. The van der Waals surface area contributed by atoms with Gasteiger partial charge in [-0.3, -0.25) is 14.4 Å². The van der Waals surface area contributed by atoms with Crippen molar-refractivity contribution >= 4 is 5.97 Å². The zero-order valence-corrected chi connectivity index (χ0v) is 26.3. The highest BCUT2D eigenvalue weighted by molar-refractivity contribution is 5.74. The van der Waals surface area contributed by atoms with Crippen molar-refractivity contribution < 1.29 is 14.3 Å². The summed E-state index contributed by atoms with van der Waals surface area (Å²) in [6.07, 6.45) is 7.49. The maximum absolute atomic E-state index is 14.4. The van der Waals surface area contributed by atoms with E-state index in [1.807, 2.05) is 33.9 Å². The Labute approximate surface area is 253 Å². The SMILES string of the molecule is C.CCc1nn(CC)c2c1CCC21CCN([C@H](C)[C@H]2C[C@H](N(C)[C@@H](C(=O)O)C(C)(C)C)C[C@@H]2c2cccc(F)c2)CC1. The van der Waals surface area contributed by atoms with Gasteiger partial charge in [0, 0.05) is 29.7 Å². The molecule has 0 bridgehead atoms. The third-order valence-corrected chi connectivity index (χ3v) is 11.0. The molecule has 3 aliphatic rings. The smallest absolute Gasteiger partial charge is 0.321 e. The van der Waals surface area contributed by atoms with Crippen LogP contribution in [0.4, 0.5) is 4.39 Å². The first kappa shape index (κ1) is 32.7. The van der Waals surface area contributed by atoms with Gasteiger partial charge in [0.05, 0.1) is 5.69 Å². The molecule has 1 aromatic heterocycles. The number of hydrogen-bond donors (Lipinski definition) is 1. The van der Waals surface area contributed by atoms with Gasteiger partial charge in [-0.25, -0.2) is 4.39 Å². The van der Waals surface area contributed by atoms with Crippen molar-refractivity contribution in [3.05, 3.63) is 52.6 Å². The molecule has 2 aromatic rings. The van der Waals surface area contributed by atoms with Crippen LogP contribution < -0.4 is 0 Å². The third kappa shape index (κ3) is 5.80.